The van der Waals surface area contributed by atoms with Gasteiger partial charge < -0.3 is 15.7 Å². The SMILES string of the molecule is CN[C@@H](C)CNC(=O)O. The van der Waals surface area contributed by atoms with Gasteiger partial charge in [-0.1, -0.05) is 0 Å². The Morgan fingerprint density at radius 1 is 1.78 bits per heavy atom. The second-order valence-corrected chi connectivity index (χ2v) is 1.88. The normalized spacial score (nSPS) is 12.7. The Kier molecular flexibility index (Phi) is 3.79. The number of amides is 1. The molecule has 4 nitrogen and oxygen atoms in total. The van der Waals surface area contributed by atoms with Gasteiger partial charge in [-0.2, -0.15) is 0 Å². The van der Waals surface area contributed by atoms with Crippen LogP contribution >= 0.6 is 0 Å². The van der Waals surface area contributed by atoms with Gasteiger partial charge in [0.25, 0.3) is 0 Å². The van der Waals surface area contributed by atoms with Gasteiger partial charge in [-0.15, -0.1) is 0 Å². The molecule has 54 valence electrons. The molecule has 0 aliphatic carbocycles. The number of carbonyl (C=O) groups is 1. The van der Waals surface area contributed by atoms with Gasteiger partial charge in [-0.3, -0.25) is 0 Å². The van der Waals surface area contributed by atoms with E-state index in [0.29, 0.717) is 6.54 Å². The van der Waals surface area contributed by atoms with Crippen LogP contribution in [0, 0.1) is 0 Å². The van der Waals surface area contributed by atoms with Crippen LogP contribution in [0.4, 0.5) is 4.79 Å². The maximum absolute atomic E-state index is 9.88. The molecule has 0 aromatic carbocycles. The van der Waals surface area contributed by atoms with Crippen molar-refractivity contribution in [3.05, 3.63) is 0 Å². The van der Waals surface area contributed by atoms with Crippen molar-refractivity contribution in [2.45, 2.75) is 13.0 Å². The third-order valence-electron chi connectivity index (χ3n) is 1.05. The molecule has 0 rings (SSSR count). The molecule has 0 heterocycles. The van der Waals surface area contributed by atoms with Gasteiger partial charge in [0.1, 0.15) is 0 Å². The first-order chi connectivity index (χ1) is 4.16. The minimum Gasteiger partial charge on any atom is -0.465 e. The van der Waals surface area contributed by atoms with Crippen LogP contribution in [0.25, 0.3) is 0 Å². The Labute approximate surface area is 54.3 Å². The van der Waals surface area contributed by atoms with Crippen LogP contribution in [-0.2, 0) is 0 Å². The van der Waals surface area contributed by atoms with Crippen LogP contribution in [0.3, 0.4) is 0 Å². The molecule has 0 bridgehead atoms. The van der Waals surface area contributed by atoms with Crippen molar-refractivity contribution in [3.8, 4) is 0 Å². The Morgan fingerprint density at radius 2 is 2.33 bits per heavy atom. The molecule has 0 radical (unpaired) electrons. The first-order valence-corrected chi connectivity index (χ1v) is 2.81. The summed E-state index contributed by atoms with van der Waals surface area (Å²) in [6, 6.07) is 0.195. The molecule has 0 saturated carbocycles. The van der Waals surface area contributed by atoms with Crippen LogP contribution < -0.4 is 10.6 Å². The molecular weight excluding hydrogens is 120 g/mol. The minimum absolute atomic E-state index is 0.195. The Bertz CT molecular complexity index is 95.0. The highest BCUT2D eigenvalue weighted by Gasteiger charge is 1.98. The van der Waals surface area contributed by atoms with E-state index in [1.54, 1.807) is 7.05 Å². The zero-order valence-corrected chi connectivity index (χ0v) is 5.64. The number of carboxylic acid groups (broad SMARTS) is 1. The molecule has 0 aliphatic heterocycles. The maximum Gasteiger partial charge on any atom is 0.404 e. The van der Waals surface area contributed by atoms with E-state index in [2.05, 4.69) is 10.6 Å². The maximum atomic E-state index is 9.88. The van der Waals surface area contributed by atoms with Crippen molar-refractivity contribution < 1.29 is 9.90 Å². The number of nitrogens with one attached hydrogen (secondary N) is 2. The topological polar surface area (TPSA) is 61.4 Å². The van der Waals surface area contributed by atoms with Crippen molar-refractivity contribution in [3.63, 3.8) is 0 Å². The molecule has 1 amide bonds. The number of hydrogen-bond donors (Lipinski definition) is 3. The van der Waals surface area contributed by atoms with Crippen LogP contribution in [0.5, 0.6) is 0 Å². The molecule has 0 fully saturated rings. The van der Waals surface area contributed by atoms with Gasteiger partial charge in [0.05, 0.1) is 0 Å². The van der Waals surface area contributed by atoms with E-state index in [1.165, 1.54) is 0 Å². The van der Waals surface area contributed by atoms with Crippen molar-refractivity contribution in [1.29, 1.82) is 0 Å². The summed E-state index contributed by atoms with van der Waals surface area (Å²) in [4.78, 5) is 9.88. The molecule has 0 spiro atoms. The lowest BCUT2D eigenvalue weighted by molar-refractivity contribution is 0.193. The van der Waals surface area contributed by atoms with E-state index in [4.69, 9.17) is 5.11 Å². The average Bonchev–Trinajstić information content (AvgIpc) is 1.83. The fourth-order valence-corrected chi connectivity index (χ4v) is 0.342. The molecule has 1 atom stereocenters. The summed E-state index contributed by atoms with van der Waals surface area (Å²) in [6.45, 7) is 2.35. The molecule has 0 unspecified atom stereocenters. The Morgan fingerprint density at radius 3 is 2.67 bits per heavy atom. The lowest BCUT2D eigenvalue weighted by atomic mass is 10.3. The van der Waals surface area contributed by atoms with E-state index >= 15 is 0 Å². The van der Waals surface area contributed by atoms with E-state index in [1.807, 2.05) is 6.92 Å². The van der Waals surface area contributed by atoms with E-state index in [0.717, 1.165) is 0 Å². The van der Waals surface area contributed by atoms with Crippen LogP contribution in [-0.4, -0.2) is 30.8 Å². The summed E-state index contributed by atoms with van der Waals surface area (Å²) in [5, 5.41) is 13.3. The Hall–Kier alpha value is -0.770. The highest BCUT2D eigenvalue weighted by molar-refractivity contribution is 5.64. The minimum atomic E-state index is -0.975. The fraction of sp³-hybridized carbons (Fsp3) is 0.800. The highest BCUT2D eigenvalue weighted by atomic mass is 16.4. The van der Waals surface area contributed by atoms with E-state index < -0.39 is 6.09 Å². The zero-order chi connectivity index (χ0) is 7.28. The van der Waals surface area contributed by atoms with Gasteiger partial charge in [-0.25, -0.2) is 4.79 Å². The zero-order valence-electron chi connectivity index (χ0n) is 5.64. The highest BCUT2D eigenvalue weighted by Crippen LogP contribution is 1.73. The molecular formula is C5H12N2O2. The third-order valence-corrected chi connectivity index (χ3v) is 1.05. The van der Waals surface area contributed by atoms with Crippen LogP contribution in [0.2, 0.25) is 0 Å². The number of rotatable bonds is 3. The molecule has 0 aliphatic rings. The molecule has 0 aromatic rings. The standard InChI is InChI=1S/C5H12N2O2/c1-4(6-2)3-7-5(8)9/h4,6-7H,3H2,1-2H3,(H,8,9)/t4-/m0/s1. The van der Waals surface area contributed by atoms with Gasteiger partial charge in [0.2, 0.25) is 0 Å². The number of likely N-dealkylation sites (N-methyl/N-ethyl adjacent to an activating group) is 1. The molecule has 0 saturated heterocycles. The molecule has 3 N–H and O–H groups in total. The second kappa shape index (κ2) is 4.14. The number of hydrogen-bond acceptors (Lipinski definition) is 2. The molecule has 4 heteroatoms. The second-order valence-electron chi connectivity index (χ2n) is 1.88. The smallest absolute Gasteiger partial charge is 0.404 e. The van der Waals surface area contributed by atoms with Crippen molar-refractivity contribution in [2.24, 2.45) is 0 Å². The predicted molar refractivity (Wildman–Crippen MR) is 34.5 cm³/mol. The monoisotopic (exact) mass is 132 g/mol. The third kappa shape index (κ3) is 5.10. The van der Waals surface area contributed by atoms with Gasteiger partial charge in [0.15, 0.2) is 0 Å². The predicted octanol–water partition coefficient (Wildman–Crippen LogP) is -0.138. The summed E-state index contributed by atoms with van der Waals surface area (Å²) in [5.41, 5.74) is 0. The first-order valence-electron chi connectivity index (χ1n) is 2.81. The van der Waals surface area contributed by atoms with Crippen LogP contribution in [0.15, 0.2) is 0 Å². The summed E-state index contributed by atoms with van der Waals surface area (Å²) >= 11 is 0. The average molecular weight is 132 g/mol. The van der Waals surface area contributed by atoms with Crippen molar-refractivity contribution in [1.82, 2.24) is 10.6 Å². The summed E-state index contributed by atoms with van der Waals surface area (Å²) in [7, 11) is 1.79. The lowest BCUT2D eigenvalue weighted by Crippen LogP contribution is -2.36. The fourth-order valence-electron chi connectivity index (χ4n) is 0.342. The van der Waals surface area contributed by atoms with E-state index in [9.17, 15) is 4.79 Å². The summed E-state index contributed by atoms with van der Waals surface area (Å²) in [6.07, 6.45) is -0.975. The van der Waals surface area contributed by atoms with Gasteiger partial charge >= 0.3 is 6.09 Å². The van der Waals surface area contributed by atoms with Gasteiger partial charge in [0, 0.05) is 12.6 Å². The van der Waals surface area contributed by atoms with E-state index in [-0.39, 0.29) is 6.04 Å². The summed E-state index contributed by atoms with van der Waals surface area (Å²) < 4.78 is 0. The first kappa shape index (κ1) is 8.23. The van der Waals surface area contributed by atoms with Crippen molar-refractivity contribution >= 4 is 6.09 Å². The summed E-state index contributed by atoms with van der Waals surface area (Å²) in [5.74, 6) is 0. The molecule has 9 heavy (non-hydrogen) atoms. The van der Waals surface area contributed by atoms with Crippen molar-refractivity contribution in [2.75, 3.05) is 13.6 Å². The van der Waals surface area contributed by atoms with Crippen LogP contribution in [0.1, 0.15) is 6.92 Å². The lowest BCUT2D eigenvalue weighted by Gasteiger charge is -2.07. The largest absolute Gasteiger partial charge is 0.465 e. The molecule has 0 aromatic heterocycles. The quantitative estimate of drug-likeness (QED) is 0.501. The van der Waals surface area contributed by atoms with Gasteiger partial charge in [-0.05, 0) is 14.0 Å². The Balaban J connectivity index is 3.16.